The molecule has 0 radical (unpaired) electrons. The van der Waals surface area contributed by atoms with Crippen LogP contribution in [0.25, 0.3) is 0 Å². The number of benzene rings is 1. The van der Waals surface area contributed by atoms with Crippen LogP contribution in [-0.2, 0) is 11.3 Å². The maximum Gasteiger partial charge on any atom is 0.240 e. The fraction of sp³-hybridized carbons (Fsp3) is 0.500. The molecule has 146 valence electrons. The number of aromatic nitrogens is 2. The van der Waals surface area contributed by atoms with Crippen molar-refractivity contribution < 1.29 is 18.1 Å². The second-order valence-corrected chi connectivity index (χ2v) is 6.93. The van der Waals surface area contributed by atoms with Crippen LogP contribution < -0.4 is 5.32 Å². The number of halogens is 2. The predicted molar refractivity (Wildman–Crippen MR) is 95.1 cm³/mol. The third-order valence-corrected chi connectivity index (χ3v) is 4.40. The van der Waals surface area contributed by atoms with Crippen molar-refractivity contribution >= 4 is 11.6 Å². The normalized spacial score (nSPS) is 16.0. The van der Waals surface area contributed by atoms with Crippen molar-refractivity contribution in [1.29, 1.82) is 0 Å². The van der Waals surface area contributed by atoms with Gasteiger partial charge >= 0.3 is 0 Å². The van der Waals surface area contributed by atoms with Crippen molar-refractivity contribution in [1.82, 2.24) is 19.9 Å². The summed E-state index contributed by atoms with van der Waals surface area (Å²) >= 11 is 0. The third-order valence-electron chi connectivity index (χ3n) is 4.40. The smallest absolute Gasteiger partial charge is 0.240 e. The topological polar surface area (TPSA) is 74.5 Å². The first-order chi connectivity index (χ1) is 12.9. The zero-order chi connectivity index (χ0) is 19.4. The monoisotopic (exact) mass is 379 g/mol. The van der Waals surface area contributed by atoms with Gasteiger partial charge in [0.15, 0.2) is 5.82 Å². The summed E-state index contributed by atoms with van der Waals surface area (Å²) in [5.74, 6) is -0.266. The highest BCUT2D eigenvalue weighted by molar-refractivity contribution is 5.92. The minimum Gasteiger partial charge on any atom is -0.338 e. The van der Waals surface area contributed by atoms with Crippen LogP contribution in [-0.4, -0.2) is 58.6 Å². The van der Waals surface area contributed by atoms with Crippen molar-refractivity contribution in [2.24, 2.45) is 0 Å². The summed E-state index contributed by atoms with van der Waals surface area (Å²) in [5.41, 5.74) is -0.0163. The average molecular weight is 379 g/mol. The van der Waals surface area contributed by atoms with Gasteiger partial charge in [0.1, 0.15) is 11.6 Å². The number of rotatable bonds is 6. The quantitative estimate of drug-likeness (QED) is 0.830. The zero-order valence-corrected chi connectivity index (χ0v) is 15.4. The van der Waals surface area contributed by atoms with Crippen LogP contribution in [0.3, 0.4) is 0 Å². The molecular formula is C18H23F2N5O2. The van der Waals surface area contributed by atoms with Crippen LogP contribution in [0.1, 0.15) is 31.5 Å². The van der Waals surface area contributed by atoms with E-state index >= 15 is 0 Å². The Morgan fingerprint density at radius 1 is 1.22 bits per heavy atom. The average Bonchev–Trinajstić information content (AvgIpc) is 3.08. The Bertz CT molecular complexity index is 788. The molecule has 0 bridgehead atoms. The molecule has 27 heavy (non-hydrogen) atoms. The number of amides is 1. The van der Waals surface area contributed by atoms with Gasteiger partial charge in [-0.25, -0.2) is 8.78 Å². The van der Waals surface area contributed by atoms with E-state index in [1.165, 1.54) is 6.07 Å². The summed E-state index contributed by atoms with van der Waals surface area (Å²) in [6, 6.07) is 3.08. The lowest BCUT2D eigenvalue weighted by molar-refractivity contribution is -0.117. The Morgan fingerprint density at radius 3 is 2.56 bits per heavy atom. The highest BCUT2D eigenvalue weighted by Crippen LogP contribution is 2.15. The van der Waals surface area contributed by atoms with Gasteiger partial charge in [-0.1, -0.05) is 19.0 Å². The van der Waals surface area contributed by atoms with Gasteiger partial charge in [0.2, 0.25) is 11.8 Å². The van der Waals surface area contributed by atoms with Crippen molar-refractivity contribution in [3.63, 3.8) is 0 Å². The van der Waals surface area contributed by atoms with Crippen LogP contribution in [0, 0.1) is 11.6 Å². The molecular weight excluding hydrogens is 356 g/mol. The maximum absolute atomic E-state index is 13.6. The predicted octanol–water partition coefficient (Wildman–Crippen LogP) is 2.23. The Hall–Kier alpha value is -2.39. The number of carbonyl (C=O) groups is 1. The van der Waals surface area contributed by atoms with E-state index in [2.05, 4.69) is 20.4 Å². The molecule has 1 saturated heterocycles. The molecule has 1 aliphatic heterocycles. The van der Waals surface area contributed by atoms with E-state index in [0.29, 0.717) is 31.3 Å². The molecule has 0 aliphatic carbocycles. The van der Waals surface area contributed by atoms with E-state index in [-0.39, 0.29) is 24.1 Å². The molecule has 1 aliphatic rings. The van der Waals surface area contributed by atoms with Gasteiger partial charge in [-0.15, -0.1) is 0 Å². The second-order valence-electron chi connectivity index (χ2n) is 6.93. The number of nitrogens with one attached hydrogen (secondary N) is 1. The second kappa shape index (κ2) is 8.53. The summed E-state index contributed by atoms with van der Waals surface area (Å²) in [4.78, 5) is 20.6. The van der Waals surface area contributed by atoms with Crippen LogP contribution in [0.4, 0.5) is 14.5 Å². The van der Waals surface area contributed by atoms with Gasteiger partial charge in [0.25, 0.3) is 0 Å². The highest BCUT2D eigenvalue weighted by atomic mass is 19.1. The van der Waals surface area contributed by atoms with Gasteiger partial charge in [0, 0.05) is 38.2 Å². The lowest BCUT2D eigenvalue weighted by Gasteiger charge is -2.33. The molecule has 2 heterocycles. The van der Waals surface area contributed by atoms with Gasteiger partial charge < -0.3 is 9.84 Å². The summed E-state index contributed by atoms with van der Waals surface area (Å²) < 4.78 is 31.8. The first-order valence-electron chi connectivity index (χ1n) is 8.93. The largest absolute Gasteiger partial charge is 0.338 e. The standard InChI is InChI=1S/C18H23F2N5O2/c1-12(2)18-22-17(27-23-18)11-25-7-5-24(6-8-25)10-16(26)21-15-4-3-13(19)9-14(15)20/h3-4,9,12H,5-8,10-11H2,1-2H3,(H,21,26). The van der Waals surface area contributed by atoms with E-state index in [4.69, 9.17) is 4.52 Å². The minimum atomic E-state index is -0.784. The molecule has 1 aromatic carbocycles. The maximum atomic E-state index is 13.6. The van der Waals surface area contributed by atoms with Crippen molar-refractivity contribution in [3.05, 3.63) is 41.5 Å². The lowest BCUT2D eigenvalue weighted by Crippen LogP contribution is -2.48. The fourth-order valence-electron chi connectivity index (χ4n) is 2.85. The first kappa shape index (κ1) is 19.4. The molecule has 1 fully saturated rings. The van der Waals surface area contributed by atoms with E-state index in [0.717, 1.165) is 25.2 Å². The van der Waals surface area contributed by atoms with Crippen molar-refractivity contribution in [3.8, 4) is 0 Å². The van der Waals surface area contributed by atoms with Gasteiger partial charge in [-0.3, -0.25) is 14.6 Å². The third kappa shape index (κ3) is 5.30. The van der Waals surface area contributed by atoms with Crippen LogP contribution in [0.5, 0.6) is 0 Å². The number of nitrogens with zero attached hydrogens (tertiary/aromatic N) is 4. The van der Waals surface area contributed by atoms with E-state index in [1.54, 1.807) is 0 Å². The number of anilines is 1. The summed E-state index contributed by atoms with van der Waals surface area (Å²) in [5, 5.41) is 6.44. The molecule has 1 amide bonds. The Balaban J connectivity index is 1.44. The SMILES string of the molecule is CC(C)c1noc(CN2CCN(CC(=O)Nc3ccc(F)cc3F)CC2)n1. The molecule has 1 aromatic heterocycles. The number of hydrogen-bond acceptors (Lipinski definition) is 6. The molecule has 3 rings (SSSR count). The Morgan fingerprint density at radius 2 is 1.93 bits per heavy atom. The van der Waals surface area contributed by atoms with E-state index in [9.17, 15) is 13.6 Å². The molecule has 0 unspecified atom stereocenters. The summed E-state index contributed by atoms with van der Waals surface area (Å²) in [7, 11) is 0. The Kier molecular flexibility index (Phi) is 6.12. The van der Waals surface area contributed by atoms with E-state index in [1.807, 2.05) is 18.7 Å². The summed E-state index contributed by atoms with van der Waals surface area (Å²) in [6.45, 7) is 7.68. The lowest BCUT2D eigenvalue weighted by atomic mass is 10.2. The first-order valence-corrected chi connectivity index (χ1v) is 8.93. The molecule has 7 nitrogen and oxygen atoms in total. The fourth-order valence-corrected chi connectivity index (χ4v) is 2.85. The van der Waals surface area contributed by atoms with Gasteiger partial charge in [0.05, 0.1) is 18.8 Å². The number of carbonyl (C=O) groups excluding carboxylic acids is 1. The van der Waals surface area contributed by atoms with E-state index < -0.39 is 11.6 Å². The van der Waals surface area contributed by atoms with Gasteiger partial charge in [-0.05, 0) is 12.1 Å². The van der Waals surface area contributed by atoms with Crippen LogP contribution in [0.2, 0.25) is 0 Å². The number of piperazine rings is 1. The molecule has 0 saturated carbocycles. The molecule has 9 heteroatoms. The van der Waals surface area contributed by atoms with Crippen LogP contribution >= 0.6 is 0 Å². The molecule has 0 spiro atoms. The van der Waals surface area contributed by atoms with Gasteiger partial charge in [-0.2, -0.15) is 4.98 Å². The van der Waals surface area contributed by atoms with Crippen molar-refractivity contribution in [2.75, 3.05) is 38.0 Å². The zero-order valence-electron chi connectivity index (χ0n) is 15.4. The molecule has 2 aromatic rings. The molecule has 0 atom stereocenters. The van der Waals surface area contributed by atoms with Crippen LogP contribution in [0.15, 0.2) is 22.7 Å². The Labute approximate surface area is 156 Å². The minimum absolute atomic E-state index is 0.0163. The number of hydrogen-bond donors (Lipinski definition) is 1. The molecule has 1 N–H and O–H groups in total. The van der Waals surface area contributed by atoms with Crippen molar-refractivity contribution in [2.45, 2.75) is 26.3 Å². The highest BCUT2D eigenvalue weighted by Gasteiger charge is 2.21. The summed E-state index contributed by atoms with van der Waals surface area (Å²) in [6.07, 6.45) is 0.